The SMILES string of the molecule is CCCn1c(=O)c2c(nc(CC)n2Cc2ccc(-c3ccccc3-c3nn[nH]n3)cc2)n(CC2CC2)c1=O. The maximum atomic E-state index is 13.6. The number of hydrogen-bond acceptors (Lipinski definition) is 6. The Morgan fingerprint density at radius 2 is 1.71 bits per heavy atom. The van der Waals surface area contributed by atoms with E-state index < -0.39 is 0 Å². The first kappa shape index (κ1) is 24.0. The fourth-order valence-corrected chi connectivity index (χ4v) is 5.10. The molecule has 5 aromatic rings. The van der Waals surface area contributed by atoms with E-state index in [2.05, 4.69) is 44.9 Å². The molecule has 0 unspecified atom stereocenters. The van der Waals surface area contributed by atoms with E-state index in [1.165, 1.54) is 4.57 Å². The normalized spacial score (nSPS) is 13.4. The van der Waals surface area contributed by atoms with Crippen molar-refractivity contribution >= 4 is 11.2 Å². The lowest BCUT2D eigenvalue weighted by Crippen LogP contribution is -2.41. The van der Waals surface area contributed by atoms with Crippen LogP contribution >= 0.6 is 0 Å². The van der Waals surface area contributed by atoms with Crippen LogP contribution in [0.3, 0.4) is 0 Å². The third kappa shape index (κ3) is 4.25. The van der Waals surface area contributed by atoms with Gasteiger partial charge in [-0.1, -0.05) is 62.4 Å². The number of rotatable bonds is 9. The summed E-state index contributed by atoms with van der Waals surface area (Å²) < 4.78 is 5.12. The van der Waals surface area contributed by atoms with E-state index in [0.717, 1.165) is 40.9 Å². The van der Waals surface area contributed by atoms with Gasteiger partial charge in [-0.05, 0) is 47.1 Å². The van der Waals surface area contributed by atoms with E-state index in [9.17, 15) is 9.59 Å². The van der Waals surface area contributed by atoms with Crippen molar-refractivity contribution in [2.24, 2.45) is 5.92 Å². The molecule has 10 nitrogen and oxygen atoms in total. The number of aromatic amines is 1. The fourth-order valence-electron chi connectivity index (χ4n) is 5.10. The molecule has 10 heteroatoms. The van der Waals surface area contributed by atoms with Gasteiger partial charge in [0.2, 0.25) is 5.82 Å². The quantitative estimate of drug-likeness (QED) is 0.324. The standard InChI is InChI=1S/C28H30N8O2/c1-3-15-34-27(37)24-26(36(28(34)38)17-18-9-10-18)29-23(4-2)35(24)16-19-11-13-20(14-12-19)21-7-5-6-8-22(21)25-30-32-33-31-25/h5-8,11-14,18H,3-4,9-10,15-17H2,1-2H3,(H,30,31,32,33). The number of imidazole rings is 1. The molecule has 0 radical (unpaired) electrons. The summed E-state index contributed by atoms with van der Waals surface area (Å²) >= 11 is 0. The van der Waals surface area contributed by atoms with E-state index in [1.54, 1.807) is 4.57 Å². The van der Waals surface area contributed by atoms with E-state index in [-0.39, 0.29) is 11.2 Å². The van der Waals surface area contributed by atoms with Crippen molar-refractivity contribution in [2.45, 2.75) is 59.2 Å². The fraction of sp³-hybridized carbons (Fsp3) is 0.357. The number of H-pyrrole nitrogens is 1. The highest BCUT2D eigenvalue weighted by Crippen LogP contribution is 2.31. The second-order valence-electron chi connectivity index (χ2n) is 9.91. The van der Waals surface area contributed by atoms with Crippen molar-refractivity contribution < 1.29 is 0 Å². The summed E-state index contributed by atoms with van der Waals surface area (Å²) in [7, 11) is 0. The zero-order valence-electron chi connectivity index (χ0n) is 21.6. The minimum Gasteiger partial charge on any atom is -0.318 e. The zero-order valence-corrected chi connectivity index (χ0v) is 21.6. The van der Waals surface area contributed by atoms with Gasteiger partial charge < -0.3 is 4.57 Å². The Hall–Kier alpha value is -4.34. The molecule has 0 atom stereocenters. The molecule has 2 aromatic carbocycles. The third-order valence-electron chi connectivity index (χ3n) is 7.21. The number of nitrogens with one attached hydrogen (secondary N) is 1. The van der Waals surface area contributed by atoms with Crippen LogP contribution in [0.25, 0.3) is 33.7 Å². The lowest BCUT2D eigenvalue weighted by molar-refractivity contribution is 0.537. The van der Waals surface area contributed by atoms with Crippen molar-refractivity contribution in [3.63, 3.8) is 0 Å². The van der Waals surface area contributed by atoms with E-state index in [4.69, 9.17) is 4.98 Å². The molecule has 1 N–H and O–H groups in total. The first-order valence-corrected chi connectivity index (χ1v) is 13.2. The summed E-state index contributed by atoms with van der Waals surface area (Å²) in [5.41, 5.74) is 4.51. The Kier molecular flexibility index (Phi) is 6.22. The summed E-state index contributed by atoms with van der Waals surface area (Å²) in [5, 5.41) is 14.5. The largest absolute Gasteiger partial charge is 0.332 e. The molecule has 6 rings (SSSR count). The molecule has 38 heavy (non-hydrogen) atoms. The molecule has 0 saturated heterocycles. The Morgan fingerprint density at radius 1 is 0.947 bits per heavy atom. The van der Waals surface area contributed by atoms with Crippen molar-refractivity contribution in [1.29, 1.82) is 0 Å². The van der Waals surface area contributed by atoms with Crippen LogP contribution in [0.2, 0.25) is 0 Å². The van der Waals surface area contributed by atoms with Crippen LogP contribution in [0.5, 0.6) is 0 Å². The number of benzene rings is 2. The highest BCUT2D eigenvalue weighted by atomic mass is 16.2. The van der Waals surface area contributed by atoms with Crippen molar-refractivity contribution in [3.05, 3.63) is 80.8 Å². The minimum absolute atomic E-state index is 0.242. The summed E-state index contributed by atoms with van der Waals surface area (Å²) in [6.07, 6.45) is 3.61. The highest BCUT2D eigenvalue weighted by molar-refractivity contribution is 5.80. The smallest absolute Gasteiger partial charge is 0.318 e. The summed E-state index contributed by atoms with van der Waals surface area (Å²) in [5.74, 6) is 1.84. The number of aromatic nitrogens is 8. The highest BCUT2D eigenvalue weighted by Gasteiger charge is 2.27. The summed E-state index contributed by atoms with van der Waals surface area (Å²) in [4.78, 5) is 31.7. The van der Waals surface area contributed by atoms with Gasteiger partial charge in [0.05, 0.1) is 0 Å². The molecule has 1 saturated carbocycles. The number of hydrogen-bond donors (Lipinski definition) is 1. The molecular weight excluding hydrogens is 480 g/mol. The van der Waals surface area contributed by atoms with Gasteiger partial charge in [0, 0.05) is 31.6 Å². The van der Waals surface area contributed by atoms with Crippen LogP contribution in [-0.2, 0) is 26.1 Å². The average molecular weight is 511 g/mol. The van der Waals surface area contributed by atoms with Crippen molar-refractivity contribution in [1.82, 2.24) is 39.3 Å². The maximum absolute atomic E-state index is 13.6. The second kappa shape index (κ2) is 9.85. The van der Waals surface area contributed by atoms with E-state index in [1.807, 2.05) is 42.7 Å². The van der Waals surface area contributed by atoms with Gasteiger partial charge in [-0.15, -0.1) is 10.2 Å². The van der Waals surface area contributed by atoms with Crippen molar-refractivity contribution in [3.8, 4) is 22.5 Å². The van der Waals surface area contributed by atoms with Crippen LogP contribution < -0.4 is 11.2 Å². The molecule has 0 amide bonds. The predicted molar refractivity (Wildman–Crippen MR) is 145 cm³/mol. The Labute approximate surface area is 219 Å². The van der Waals surface area contributed by atoms with E-state index >= 15 is 0 Å². The van der Waals surface area contributed by atoms with Crippen LogP contribution in [0.4, 0.5) is 0 Å². The molecule has 3 heterocycles. The molecule has 1 aliphatic carbocycles. The third-order valence-corrected chi connectivity index (χ3v) is 7.21. The van der Waals surface area contributed by atoms with Crippen LogP contribution in [0.1, 0.15) is 44.5 Å². The first-order valence-electron chi connectivity index (χ1n) is 13.2. The minimum atomic E-state index is -0.253. The average Bonchev–Trinajstić information content (AvgIpc) is 3.45. The summed E-state index contributed by atoms with van der Waals surface area (Å²) in [6.45, 7) is 5.53. The molecule has 0 spiro atoms. The zero-order chi connectivity index (χ0) is 26.2. The molecule has 0 bridgehead atoms. The van der Waals surface area contributed by atoms with Crippen LogP contribution in [0, 0.1) is 5.92 Å². The van der Waals surface area contributed by atoms with Gasteiger partial charge in [0.1, 0.15) is 5.82 Å². The van der Waals surface area contributed by atoms with Gasteiger partial charge in [-0.3, -0.25) is 13.9 Å². The van der Waals surface area contributed by atoms with E-state index in [0.29, 0.717) is 55.4 Å². The predicted octanol–water partition coefficient (Wildman–Crippen LogP) is 3.64. The Bertz CT molecular complexity index is 1710. The van der Waals surface area contributed by atoms with Gasteiger partial charge in [-0.25, -0.2) is 9.78 Å². The molecule has 194 valence electrons. The van der Waals surface area contributed by atoms with Crippen molar-refractivity contribution in [2.75, 3.05) is 0 Å². The van der Waals surface area contributed by atoms with Crippen LogP contribution in [-0.4, -0.2) is 39.3 Å². The Balaban J connectivity index is 1.41. The summed E-state index contributed by atoms with van der Waals surface area (Å²) in [6, 6.07) is 16.2. The molecule has 3 aromatic heterocycles. The first-order chi connectivity index (χ1) is 18.6. The molecular formula is C28H30N8O2. The number of nitrogens with zero attached hydrogens (tertiary/aromatic N) is 7. The number of fused-ring (bicyclic) bond motifs is 1. The second-order valence-corrected chi connectivity index (χ2v) is 9.91. The van der Waals surface area contributed by atoms with Gasteiger partial charge in [-0.2, -0.15) is 5.21 Å². The Morgan fingerprint density at radius 3 is 2.37 bits per heavy atom. The van der Waals surface area contributed by atoms with Crippen LogP contribution in [0.15, 0.2) is 58.1 Å². The lowest BCUT2D eigenvalue weighted by atomic mass is 9.98. The monoisotopic (exact) mass is 510 g/mol. The topological polar surface area (TPSA) is 116 Å². The number of tetrazole rings is 1. The molecule has 1 aliphatic rings. The maximum Gasteiger partial charge on any atom is 0.332 e. The molecule has 0 aliphatic heterocycles. The molecule has 1 fully saturated rings. The van der Waals surface area contributed by atoms with Gasteiger partial charge >= 0.3 is 5.69 Å². The number of aryl methyl sites for hydroxylation is 1. The van der Waals surface area contributed by atoms with Gasteiger partial charge in [0.15, 0.2) is 11.2 Å². The lowest BCUT2D eigenvalue weighted by Gasteiger charge is -2.13. The van der Waals surface area contributed by atoms with Gasteiger partial charge in [0.25, 0.3) is 5.56 Å².